The number of H-pyrrole nitrogens is 2. The van der Waals surface area contributed by atoms with E-state index in [9.17, 15) is 9.59 Å². The zero-order valence-electron chi connectivity index (χ0n) is 13.4. The summed E-state index contributed by atoms with van der Waals surface area (Å²) in [6.07, 6.45) is 5.52. The molecule has 0 radical (unpaired) electrons. The highest BCUT2D eigenvalue weighted by Crippen LogP contribution is 2.19. The maximum absolute atomic E-state index is 12.2. The van der Waals surface area contributed by atoms with Crippen molar-refractivity contribution < 1.29 is 4.79 Å². The van der Waals surface area contributed by atoms with Crippen LogP contribution in [0.2, 0.25) is 0 Å². The SMILES string of the molecule is Cc1nc(=O)[nH]c(C)c1CCC(=O)NC1CCc2cn[nH]c2C1. The molecule has 0 saturated carbocycles. The van der Waals surface area contributed by atoms with Gasteiger partial charge in [0.05, 0.1) is 6.20 Å². The minimum atomic E-state index is -0.342. The number of aryl methyl sites for hydroxylation is 3. The number of hydrogen-bond acceptors (Lipinski definition) is 4. The van der Waals surface area contributed by atoms with Gasteiger partial charge in [0.2, 0.25) is 5.91 Å². The van der Waals surface area contributed by atoms with E-state index in [0.717, 1.165) is 36.2 Å². The van der Waals surface area contributed by atoms with Crippen molar-refractivity contribution in [2.45, 2.75) is 52.0 Å². The van der Waals surface area contributed by atoms with Crippen LogP contribution in [0.25, 0.3) is 0 Å². The molecular weight excluding hydrogens is 294 g/mol. The van der Waals surface area contributed by atoms with Gasteiger partial charge in [0, 0.05) is 36.0 Å². The number of amides is 1. The van der Waals surface area contributed by atoms with Crippen LogP contribution in [-0.2, 0) is 24.1 Å². The van der Waals surface area contributed by atoms with Gasteiger partial charge in [0.25, 0.3) is 0 Å². The van der Waals surface area contributed by atoms with Crippen LogP contribution in [0.1, 0.15) is 41.1 Å². The van der Waals surface area contributed by atoms with Crippen LogP contribution in [-0.4, -0.2) is 32.1 Å². The summed E-state index contributed by atoms with van der Waals surface area (Å²) in [6.45, 7) is 3.64. The highest BCUT2D eigenvalue weighted by atomic mass is 16.1. The lowest BCUT2D eigenvalue weighted by molar-refractivity contribution is -0.121. The molecule has 0 aliphatic heterocycles. The van der Waals surface area contributed by atoms with Gasteiger partial charge in [-0.3, -0.25) is 9.89 Å². The lowest BCUT2D eigenvalue weighted by Gasteiger charge is -2.22. The van der Waals surface area contributed by atoms with Gasteiger partial charge < -0.3 is 10.3 Å². The molecule has 0 spiro atoms. The molecule has 2 heterocycles. The molecule has 2 aromatic rings. The van der Waals surface area contributed by atoms with Crippen LogP contribution in [0, 0.1) is 13.8 Å². The molecule has 3 N–H and O–H groups in total. The van der Waals surface area contributed by atoms with Crippen molar-refractivity contribution in [1.82, 2.24) is 25.5 Å². The third-order valence-corrected chi connectivity index (χ3v) is 4.44. The second-order valence-electron chi connectivity index (χ2n) is 6.11. The van der Waals surface area contributed by atoms with E-state index in [0.29, 0.717) is 18.5 Å². The van der Waals surface area contributed by atoms with Crippen molar-refractivity contribution in [2.75, 3.05) is 0 Å². The van der Waals surface area contributed by atoms with Gasteiger partial charge >= 0.3 is 5.69 Å². The number of rotatable bonds is 4. The van der Waals surface area contributed by atoms with E-state index >= 15 is 0 Å². The summed E-state index contributed by atoms with van der Waals surface area (Å²) in [5.41, 5.74) is 4.46. The fraction of sp³-hybridized carbons (Fsp3) is 0.500. The number of aromatic amines is 2. The Labute approximate surface area is 133 Å². The molecule has 1 amide bonds. The van der Waals surface area contributed by atoms with E-state index in [1.165, 1.54) is 5.56 Å². The van der Waals surface area contributed by atoms with Crippen LogP contribution >= 0.6 is 0 Å². The number of hydrogen-bond donors (Lipinski definition) is 3. The maximum Gasteiger partial charge on any atom is 0.345 e. The number of fused-ring (bicyclic) bond motifs is 1. The predicted molar refractivity (Wildman–Crippen MR) is 85.2 cm³/mol. The van der Waals surface area contributed by atoms with E-state index in [2.05, 4.69) is 25.5 Å². The molecule has 0 aromatic carbocycles. The van der Waals surface area contributed by atoms with Crippen molar-refractivity contribution in [3.05, 3.63) is 44.9 Å². The fourth-order valence-corrected chi connectivity index (χ4v) is 3.19. The highest BCUT2D eigenvalue weighted by molar-refractivity contribution is 5.76. The zero-order chi connectivity index (χ0) is 16.4. The van der Waals surface area contributed by atoms with Crippen LogP contribution in [0.4, 0.5) is 0 Å². The minimum Gasteiger partial charge on any atom is -0.353 e. The van der Waals surface area contributed by atoms with E-state index in [1.807, 2.05) is 13.1 Å². The number of carbonyl (C=O) groups is 1. The molecule has 1 aliphatic rings. The van der Waals surface area contributed by atoms with Crippen LogP contribution in [0.3, 0.4) is 0 Å². The first-order valence-electron chi connectivity index (χ1n) is 7.90. The van der Waals surface area contributed by atoms with Crippen molar-refractivity contribution in [3.63, 3.8) is 0 Å². The second kappa shape index (κ2) is 6.36. The molecular formula is C16H21N5O2. The third-order valence-electron chi connectivity index (χ3n) is 4.44. The quantitative estimate of drug-likeness (QED) is 0.773. The topological polar surface area (TPSA) is 104 Å². The first-order chi connectivity index (χ1) is 11.0. The summed E-state index contributed by atoms with van der Waals surface area (Å²) in [4.78, 5) is 30.1. The maximum atomic E-state index is 12.2. The zero-order valence-corrected chi connectivity index (χ0v) is 13.4. The number of carbonyl (C=O) groups excluding carboxylic acids is 1. The van der Waals surface area contributed by atoms with Crippen molar-refractivity contribution in [1.29, 1.82) is 0 Å². The number of nitrogens with zero attached hydrogens (tertiary/aromatic N) is 2. The molecule has 0 saturated heterocycles. The smallest absolute Gasteiger partial charge is 0.345 e. The summed E-state index contributed by atoms with van der Waals surface area (Å²) < 4.78 is 0. The molecule has 122 valence electrons. The average Bonchev–Trinajstić information content (AvgIpc) is 2.93. The monoisotopic (exact) mass is 315 g/mol. The Morgan fingerprint density at radius 1 is 1.43 bits per heavy atom. The Morgan fingerprint density at radius 2 is 2.26 bits per heavy atom. The van der Waals surface area contributed by atoms with Crippen LogP contribution < -0.4 is 11.0 Å². The third kappa shape index (κ3) is 3.49. The van der Waals surface area contributed by atoms with Gasteiger partial charge in [0.15, 0.2) is 0 Å². The summed E-state index contributed by atoms with van der Waals surface area (Å²) in [5, 5.41) is 10.1. The first kappa shape index (κ1) is 15.5. The van der Waals surface area contributed by atoms with E-state index in [-0.39, 0.29) is 17.6 Å². The van der Waals surface area contributed by atoms with Crippen molar-refractivity contribution in [2.24, 2.45) is 0 Å². The standard InChI is InChI=1S/C16H21N5O2/c1-9-13(10(2)19-16(23)18-9)5-6-15(22)20-12-4-3-11-8-17-21-14(11)7-12/h8,12H,3-7H2,1-2H3,(H,17,21)(H,20,22)(H,18,19,23). The van der Waals surface area contributed by atoms with Gasteiger partial charge in [-0.05, 0) is 44.2 Å². The molecule has 7 nitrogen and oxygen atoms in total. The Bertz CT molecular complexity index is 751. The largest absolute Gasteiger partial charge is 0.353 e. The molecule has 7 heteroatoms. The van der Waals surface area contributed by atoms with Gasteiger partial charge in [-0.1, -0.05) is 0 Å². The molecule has 1 atom stereocenters. The molecule has 1 unspecified atom stereocenters. The Balaban J connectivity index is 1.56. The summed E-state index contributed by atoms with van der Waals surface area (Å²) in [7, 11) is 0. The van der Waals surface area contributed by atoms with Crippen LogP contribution in [0.15, 0.2) is 11.0 Å². The molecule has 0 fully saturated rings. The number of nitrogens with one attached hydrogen (secondary N) is 3. The Hall–Kier alpha value is -2.44. The molecule has 0 bridgehead atoms. The van der Waals surface area contributed by atoms with Gasteiger partial charge in [-0.2, -0.15) is 10.1 Å². The average molecular weight is 315 g/mol. The summed E-state index contributed by atoms with van der Waals surface area (Å²) >= 11 is 0. The second-order valence-corrected chi connectivity index (χ2v) is 6.11. The van der Waals surface area contributed by atoms with Gasteiger partial charge in [0.1, 0.15) is 0 Å². The van der Waals surface area contributed by atoms with Crippen molar-refractivity contribution >= 4 is 5.91 Å². The van der Waals surface area contributed by atoms with E-state index in [1.54, 1.807) is 6.92 Å². The molecule has 2 aromatic heterocycles. The van der Waals surface area contributed by atoms with Crippen molar-refractivity contribution in [3.8, 4) is 0 Å². The molecule has 3 rings (SSSR count). The fourth-order valence-electron chi connectivity index (χ4n) is 3.19. The van der Waals surface area contributed by atoms with E-state index in [4.69, 9.17) is 0 Å². The molecule has 23 heavy (non-hydrogen) atoms. The lowest BCUT2D eigenvalue weighted by atomic mass is 9.93. The van der Waals surface area contributed by atoms with E-state index < -0.39 is 0 Å². The minimum absolute atomic E-state index is 0.0305. The lowest BCUT2D eigenvalue weighted by Crippen LogP contribution is -2.39. The Kier molecular flexibility index (Phi) is 4.27. The van der Waals surface area contributed by atoms with Gasteiger partial charge in [-0.25, -0.2) is 4.79 Å². The summed E-state index contributed by atoms with van der Waals surface area (Å²) in [6, 6.07) is 0.159. The molecule has 1 aliphatic carbocycles. The summed E-state index contributed by atoms with van der Waals surface area (Å²) in [5.74, 6) is 0.0305. The van der Waals surface area contributed by atoms with Gasteiger partial charge in [-0.15, -0.1) is 0 Å². The number of aromatic nitrogens is 4. The normalized spacial score (nSPS) is 16.9. The van der Waals surface area contributed by atoms with Crippen LogP contribution in [0.5, 0.6) is 0 Å². The Morgan fingerprint density at radius 3 is 3.04 bits per heavy atom. The first-order valence-corrected chi connectivity index (χ1v) is 7.90. The highest BCUT2D eigenvalue weighted by Gasteiger charge is 2.21. The predicted octanol–water partition coefficient (Wildman–Crippen LogP) is 0.716.